The zero-order valence-corrected chi connectivity index (χ0v) is 15.8. The molecule has 7 heteroatoms. The Balaban J connectivity index is 1.23. The maximum absolute atomic E-state index is 12.2. The largest absolute Gasteiger partial charge is 0.490 e. The first-order valence-corrected chi connectivity index (χ1v) is 9.40. The number of aromatic nitrogens is 2. The Morgan fingerprint density at radius 2 is 2.03 bits per heavy atom. The molecule has 0 N–H and O–H groups in total. The predicted octanol–water partition coefficient (Wildman–Crippen LogP) is 4.09. The molecule has 0 fully saturated rings. The highest BCUT2D eigenvalue weighted by Gasteiger charge is 2.20. The van der Waals surface area contributed by atoms with Crippen molar-refractivity contribution in [3.8, 4) is 17.1 Å². The molecule has 2 aromatic heterocycles. The van der Waals surface area contributed by atoms with Gasteiger partial charge >= 0.3 is 5.97 Å². The van der Waals surface area contributed by atoms with Gasteiger partial charge in [0.2, 0.25) is 0 Å². The number of benzene rings is 2. The highest BCUT2D eigenvalue weighted by molar-refractivity contribution is 5.84. The first-order chi connectivity index (χ1) is 14.2. The maximum Gasteiger partial charge on any atom is 0.312 e. The molecule has 0 saturated carbocycles. The summed E-state index contributed by atoms with van der Waals surface area (Å²) in [6.45, 7) is 2.08. The Morgan fingerprint density at radius 3 is 2.97 bits per heavy atom. The van der Waals surface area contributed by atoms with E-state index in [0.717, 1.165) is 28.7 Å². The summed E-state index contributed by atoms with van der Waals surface area (Å²) in [6, 6.07) is 15.1. The Hall–Kier alpha value is -3.61. The van der Waals surface area contributed by atoms with Crippen LogP contribution in [0.5, 0.6) is 5.75 Å². The van der Waals surface area contributed by atoms with Crippen LogP contribution in [0.1, 0.15) is 23.9 Å². The number of carbonyl (C=O) groups is 1. The summed E-state index contributed by atoms with van der Waals surface area (Å²) in [5.74, 6) is 1.13. The number of hydrogen-bond acceptors (Lipinski definition) is 7. The van der Waals surface area contributed by atoms with Gasteiger partial charge in [0, 0.05) is 23.4 Å². The van der Waals surface area contributed by atoms with Crippen LogP contribution in [-0.4, -0.2) is 22.4 Å². The molecule has 0 spiro atoms. The second-order valence-electron chi connectivity index (χ2n) is 7.10. The van der Waals surface area contributed by atoms with Crippen molar-refractivity contribution in [1.29, 1.82) is 0 Å². The van der Waals surface area contributed by atoms with Crippen molar-refractivity contribution in [3.05, 3.63) is 65.5 Å². The molecule has 0 bridgehead atoms. The normalized spacial score (nSPS) is 15.3. The van der Waals surface area contributed by atoms with Crippen molar-refractivity contribution >= 4 is 16.9 Å². The van der Waals surface area contributed by atoms with E-state index in [1.165, 1.54) is 0 Å². The van der Waals surface area contributed by atoms with Crippen molar-refractivity contribution in [2.24, 2.45) is 0 Å². The molecule has 5 rings (SSSR count). The molecule has 0 saturated heterocycles. The Bertz CT molecular complexity index is 1190. The number of rotatable bonds is 5. The quantitative estimate of drug-likeness (QED) is 0.474. The van der Waals surface area contributed by atoms with Gasteiger partial charge < -0.3 is 18.5 Å². The highest BCUT2D eigenvalue weighted by Crippen LogP contribution is 2.33. The number of fused-ring (bicyclic) bond motifs is 2. The van der Waals surface area contributed by atoms with Crippen LogP contribution in [0.15, 0.2) is 57.6 Å². The van der Waals surface area contributed by atoms with Gasteiger partial charge in [-0.05, 0) is 42.8 Å². The van der Waals surface area contributed by atoms with Gasteiger partial charge in [0.15, 0.2) is 11.3 Å². The zero-order chi connectivity index (χ0) is 19.8. The van der Waals surface area contributed by atoms with E-state index in [2.05, 4.69) is 10.3 Å². The van der Waals surface area contributed by atoms with Crippen molar-refractivity contribution in [1.82, 2.24) is 10.3 Å². The van der Waals surface area contributed by atoms with Crippen LogP contribution in [-0.2, 0) is 29.0 Å². The molecule has 29 heavy (non-hydrogen) atoms. The van der Waals surface area contributed by atoms with E-state index in [0.29, 0.717) is 22.7 Å². The first-order valence-electron chi connectivity index (χ1n) is 9.40. The van der Waals surface area contributed by atoms with E-state index >= 15 is 0 Å². The van der Waals surface area contributed by atoms with Gasteiger partial charge in [0.1, 0.15) is 29.8 Å². The van der Waals surface area contributed by atoms with Crippen LogP contribution >= 0.6 is 0 Å². The topological polar surface area (TPSA) is 87.6 Å². The number of ether oxygens (including phenoxy) is 2. The average molecular weight is 390 g/mol. The summed E-state index contributed by atoms with van der Waals surface area (Å²) < 4.78 is 21.7. The minimum atomic E-state index is -0.405. The SMILES string of the molecule is C[C@H]1Cc2cc(-c3cc(COC(=O)Cc4noc5ccccc45)no3)ccc2O1. The number of para-hydroxylation sites is 1. The van der Waals surface area contributed by atoms with E-state index in [1.807, 2.05) is 43.3 Å². The van der Waals surface area contributed by atoms with Gasteiger partial charge in [-0.3, -0.25) is 4.79 Å². The molecule has 0 radical (unpaired) electrons. The fraction of sp³-hybridized carbons (Fsp3) is 0.227. The van der Waals surface area contributed by atoms with E-state index in [4.69, 9.17) is 18.5 Å². The summed E-state index contributed by atoms with van der Waals surface area (Å²) in [7, 11) is 0. The third kappa shape index (κ3) is 3.47. The Morgan fingerprint density at radius 1 is 1.14 bits per heavy atom. The van der Waals surface area contributed by atoms with Gasteiger partial charge in [-0.25, -0.2) is 0 Å². The van der Waals surface area contributed by atoms with Crippen molar-refractivity contribution in [2.45, 2.75) is 32.5 Å². The lowest BCUT2D eigenvalue weighted by molar-refractivity contribution is -0.144. The van der Waals surface area contributed by atoms with E-state index in [1.54, 1.807) is 12.1 Å². The molecule has 4 aromatic rings. The molecule has 146 valence electrons. The second kappa shape index (κ2) is 7.09. The Kier molecular flexibility index (Phi) is 4.27. The van der Waals surface area contributed by atoms with E-state index < -0.39 is 5.97 Å². The van der Waals surface area contributed by atoms with Gasteiger partial charge in [0.05, 0.1) is 6.42 Å². The molecule has 2 aromatic carbocycles. The molecule has 3 heterocycles. The Labute approximate surface area is 166 Å². The molecule has 1 aliphatic heterocycles. The lowest BCUT2D eigenvalue weighted by Crippen LogP contribution is -2.08. The number of nitrogens with zero attached hydrogens (tertiary/aromatic N) is 2. The highest BCUT2D eigenvalue weighted by atomic mass is 16.5. The molecular weight excluding hydrogens is 372 g/mol. The minimum Gasteiger partial charge on any atom is -0.490 e. The standard InChI is InChI=1S/C22H18N2O5/c1-13-8-15-9-14(6-7-19(15)27-13)21-10-16(23-29-21)12-26-22(25)11-18-17-4-2-3-5-20(17)28-24-18/h2-7,9-10,13H,8,11-12H2,1H3/t13-/m0/s1. The minimum absolute atomic E-state index is 0.0310. The summed E-state index contributed by atoms with van der Waals surface area (Å²) in [5.41, 5.74) is 3.81. The lowest BCUT2D eigenvalue weighted by atomic mass is 10.1. The van der Waals surface area contributed by atoms with Crippen molar-refractivity contribution in [2.75, 3.05) is 0 Å². The molecule has 0 aliphatic carbocycles. The smallest absolute Gasteiger partial charge is 0.312 e. The number of carbonyl (C=O) groups excluding carboxylic acids is 1. The summed E-state index contributed by atoms with van der Waals surface area (Å²) >= 11 is 0. The summed E-state index contributed by atoms with van der Waals surface area (Å²) in [6.07, 6.45) is 1.09. The third-order valence-corrected chi connectivity index (χ3v) is 4.88. The summed E-state index contributed by atoms with van der Waals surface area (Å²) in [4.78, 5) is 12.2. The average Bonchev–Trinajstić information content (AvgIpc) is 3.44. The number of esters is 1. The van der Waals surface area contributed by atoms with E-state index in [9.17, 15) is 4.79 Å². The fourth-order valence-corrected chi connectivity index (χ4v) is 3.50. The van der Waals surface area contributed by atoms with Crippen LogP contribution in [0.4, 0.5) is 0 Å². The van der Waals surface area contributed by atoms with Crippen molar-refractivity contribution < 1.29 is 23.3 Å². The first kappa shape index (κ1) is 17.5. The molecular formula is C22H18N2O5. The molecule has 7 nitrogen and oxygen atoms in total. The van der Waals surface area contributed by atoms with Gasteiger partial charge in [-0.15, -0.1) is 0 Å². The fourth-order valence-electron chi connectivity index (χ4n) is 3.50. The molecule has 0 amide bonds. The van der Waals surface area contributed by atoms with Crippen LogP contribution in [0, 0.1) is 0 Å². The van der Waals surface area contributed by atoms with E-state index in [-0.39, 0.29) is 19.1 Å². The third-order valence-electron chi connectivity index (χ3n) is 4.88. The van der Waals surface area contributed by atoms with Crippen LogP contribution in [0.3, 0.4) is 0 Å². The number of hydrogen-bond donors (Lipinski definition) is 0. The van der Waals surface area contributed by atoms with Gasteiger partial charge in [-0.2, -0.15) is 0 Å². The lowest BCUT2D eigenvalue weighted by Gasteiger charge is -2.02. The van der Waals surface area contributed by atoms with Crippen molar-refractivity contribution in [3.63, 3.8) is 0 Å². The van der Waals surface area contributed by atoms with Crippen LogP contribution in [0.2, 0.25) is 0 Å². The van der Waals surface area contributed by atoms with Gasteiger partial charge in [0.25, 0.3) is 0 Å². The second-order valence-corrected chi connectivity index (χ2v) is 7.10. The predicted molar refractivity (Wildman–Crippen MR) is 103 cm³/mol. The van der Waals surface area contributed by atoms with Crippen LogP contribution in [0.25, 0.3) is 22.3 Å². The molecule has 0 unspecified atom stereocenters. The summed E-state index contributed by atoms with van der Waals surface area (Å²) in [5, 5.41) is 8.76. The van der Waals surface area contributed by atoms with Crippen LogP contribution < -0.4 is 4.74 Å². The maximum atomic E-state index is 12.2. The molecule has 1 aliphatic rings. The monoisotopic (exact) mass is 390 g/mol. The molecule has 1 atom stereocenters. The zero-order valence-electron chi connectivity index (χ0n) is 15.8. The van der Waals surface area contributed by atoms with Gasteiger partial charge in [-0.1, -0.05) is 22.4 Å².